The number of hydrogen-bond acceptors (Lipinski definition) is 5. The lowest BCUT2D eigenvalue weighted by atomic mass is 10.1. The van der Waals surface area contributed by atoms with Crippen molar-refractivity contribution < 1.29 is 0 Å². The summed E-state index contributed by atoms with van der Waals surface area (Å²) >= 11 is 0. The van der Waals surface area contributed by atoms with Crippen LogP contribution in [0.3, 0.4) is 0 Å². The molecule has 1 aliphatic rings. The van der Waals surface area contributed by atoms with E-state index in [0.717, 1.165) is 36.8 Å². The first-order valence-electron chi connectivity index (χ1n) is 7.26. The molecule has 0 unspecified atom stereocenters. The maximum absolute atomic E-state index is 4.52. The fourth-order valence-electron chi connectivity index (χ4n) is 2.63. The van der Waals surface area contributed by atoms with Crippen LogP contribution in [0.1, 0.15) is 17.1 Å². The third kappa shape index (κ3) is 2.90. The molecule has 3 heterocycles. The van der Waals surface area contributed by atoms with E-state index in [1.54, 1.807) is 6.33 Å². The quantitative estimate of drug-likeness (QED) is 0.844. The lowest BCUT2D eigenvalue weighted by molar-refractivity contribution is 0.194. The summed E-state index contributed by atoms with van der Waals surface area (Å²) in [6, 6.07) is 4.75. The molecule has 3 rings (SSSR count). The van der Waals surface area contributed by atoms with Crippen LogP contribution in [-0.2, 0) is 13.6 Å². The highest BCUT2D eigenvalue weighted by Gasteiger charge is 2.31. The zero-order chi connectivity index (χ0) is 15.0. The van der Waals surface area contributed by atoms with Crippen LogP contribution < -0.4 is 4.90 Å². The number of anilines is 1. The average Bonchev–Trinajstić information content (AvgIpc) is 2.66. The van der Waals surface area contributed by atoms with E-state index in [4.69, 9.17) is 0 Å². The van der Waals surface area contributed by atoms with Crippen molar-refractivity contribution in [2.24, 2.45) is 7.05 Å². The second-order valence-corrected chi connectivity index (χ2v) is 5.89. The van der Waals surface area contributed by atoms with Crippen molar-refractivity contribution in [3.8, 4) is 0 Å². The normalized spacial score (nSPS) is 15.6. The Kier molecular flexibility index (Phi) is 3.63. The predicted molar refractivity (Wildman–Crippen MR) is 82.2 cm³/mol. The average molecular weight is 286 g/mol. The van der Waals surface area contributed by atoms with Gasteiger partial charge in [0.05, 0.1) is 5.69 Å². The van der Waals surface area contributed by atoms with Gasteiger partial charge >= 0.3 is 0 Å². The third-order valence-corrected chi connectivity index (χ3v) is 4.17. The lowest BCUT2D eigenvalue weighted by Gasteiger charge is -2.44. The molecule has 2 aromatic heterocycles. The highest BCUT2D eigenvalue weighted by Crippen LogP contribution is 2.22. The van der Waals surface area contributed by atoms with Gasteiger partial charge in [-0.3, -0.25) is 9.58 Å². The van der Waals surface area contributed by atoms with Crippen LogP contribution in [-0.4, -0.2) is 50.8 Å². The van der Waals surface area contributed by atoms with Gasteiger partial charge in [-0.25, -0.2) is 9.97 Å². The lowest BCUT2D eigenvalue weighted by Crippen LogP contribution is -2.58. The Labute approximate surface area is 125 Å². The first-order chi connectivity index (χ1) is 10.0. The second kappa shape index (κ2) is 5.44. The highest BCUT2D eigenvalue weighted by atomic mass is 15.3. The standard InChI is InChI=1S/C15H22N6/c1-11-5-15(17-10-16-11)21-8-14(9-21)19(3)7-13-6-12(2)20(4)18-13/h5-6,10,14H,7-9H2,1-4H3. The van der Waals surface area contributed by atoms with Gasteiger partial charge in [-0.1, -0.05) is 0 Å². The smallest absolute Gasteiger partial charge is 0.132 e. The molecule has 6 heteroatoms. The number of rotatable bonds is 4. The van der Waals surface area contributed by atoms with E-state index in [2.05, 4.69) is 44.9 Å². The van der Waals surface area contributed by atoms with E-state index in [9.17, 15) is 0 Å². The molecule has 0 aliphatic carbocycles. The summed E-state index contributed by atoms with van der Waals surface area (Å²) in [4.78, 5) is 13.1. The topological polar surface area (TPSA) is 50.1 Å². The van der Waals surface area contributed by atoms with E-state index in [0.29, 0.717) is 6.04 Å². The van der Waals surface area contributed by atoms with Crippen LogP contribution in [0.2, 0.25) is 0 Å². The molecular weight excluding hydrogens is 264 g/mol. The van der Waals surface area contributed by atoms with Gasteiger partial charge in [-0.05, 0) is 27.0 Å². The monoisotopic (exact) mass is 286 g/mol. The van der Waals surface area contributed by atoms with Crippen molar-refractivity contribution in [3.63, 3.8) is 0 Å². The van der Waals surface area contributed by atoms with E-state index < -0.39 is 0 Å². The SMILES string of the molecule is Cc1cc(N2CC(N(C)Cc3cc(C)n(C)n3)C2)ncn1. The number of nitrogens with zero attached hydrogens (tertiary/aromatic N) is 6. The molecule has 0 N–H and O–H groups in total. The van der Waals surface area contributed by atoms with E-state index in [-0.39, 0.29) is 0 Å². The highest BCUT2D eigenvalue weighted by molar-refractivity contribution is 5.42. The molecular formula is C15H22N6. The van der Waals surface area contributed by atoms with Gasteiger partial charge in [0.1, 0.15) is 12.1 Å². The molecule has 0 atom stereocenters. The van der Waals surface area contributed by atoms with Crippen LogP contribution in [0.5, 0.6) is 0 Å². The molecule has 0 aromatic carbocycles. The van der Waals surface area contributed by atoms with E-state index >= 15 is 0 Å². The van der Waals surface area contributed by atoms with Crippen molar-refractivity contribution in [1.82, 2.24) is 24.6 Å². The number of aromatic nitrogens is 4. The number of hydrogen-bond donors (Lipinski definition) is 0. The van der Waals surface area contributed by atoms with Gasteiger partial charge in [-0.15, -0.1) is 0 Å². The summed E-state index contributed by atoms with van der Waals surface area (Å²) in [5.74, 6) is 1.03. The molecule has 1 saturated heterocycles. The summed E-state index contributed by atoms with van der Waals surface area (Å²) in [5.41, 5.74) is 3.35. The molecule has 2 aromatic rings. The fourth-order valence-corrected chi connectivity index (χ4v) is 2.63. The fraction of sp³-hybridized carbons (Fsp3) is 0.533. The van der Waals surface area contributed by atoms with Crippen LogP contribution >= 0.6 is 0 Å². The molecule has 0 saturated carbocycles. The van der Waals surface area contributed by atoms with Gasteiger partial charge in [0.25, 0.3) is 0 Å². The molecule has 0 amide bonds. The zero-order valence-electron chi connectivity index (χ0n) is 13.1. The van der Waals surface area contributed by atoms with Gasteiger partial charge in [0.15, 0.2) is 0 Å². The van der Waals surface area contributed by atoms with Crippen LogP contribution in [0, 0.1) is 13.8 Å². The summed E-state index contributed by atoms with van der Waals surface area (Å²) in [5, 5.41) is 4.52. The summed E-state index contributed by atoms with van der Waals surface area (Å²) in [6.07, 6.45) is 1.64. The van der Waals surface area contributed by atoms with Gasteiger partial charge in [-0.2, -0.15) is 5.10 Å². The van der Waals surface area contributed by atoms with Gasteiger partial charge in [0, 0.05) is 50.2 Å². The van der Waals surface area contributed by atoms with Crippen LogP contribution in [0.4, 0.5) is 5.82 Å². The van der Waals surface area contributed by atoms with Crippen molar-refractivity contribution in [2.75, 3.05) is 25.0 Å². The first kappa shape index (κ1) is 14.0. The Morgan fingerprint density at radius 2 is 2.00 bits per heavy atom. The third-order valence-electron chi connectivity index (χ3n) is 4.17. The molecule has 1 fully saturated rings. The molecule has 6 nitrogen and oxygen atoms in total. The van der Waals surface area contributed by atoms with Crippen LogP contribution in [0.15, 0.2) is 18.5 Å². The Balaban J connectivity index is 1.56. The largest absolute Gasteiger partial charge is 0.353 e. The molecule has 0 bridgehead atoms. The van der Waals surface area contributed by atoms with Crippen molar-refractivity contribution in [3.05, 3.63) is 35.5 Å². The second-order valence-electron chi connectivity index (χ2n) is 5.89. The Bertz CT molecular complexity index is 609. The Morgan fingerprint density at radius 1 is 1.24 bits per heavy atom. The van der Waals surface area contributed by atoms with Crippen molar-refractivity contribution >= 4 is 5.82 Å². The van der Waals surface area contributed by atoms with E-state index in [1.807, 2.05) is 24.7 Å². The minimum Gasteiger partial charge on any atom is -0.353 e. The summed E-state index contributed by atoms with van der Waals surface area (Å²) in [7, 11) is 4.15. The van der Waals surface area contributed by atoms with Crippen LogP contribution in [0.25, 0.3) is 0 Å². The summed E-state index contributed by atoms with van der Waals surface area (Å²) < 4.78 is 1.93. The van der Waals surface area contributed by atoms with E-state index in [1.165, 1.54) is 5.69 Å². The Hall–Kier alpha value is -1.95. The molecule has 0 spiro atoms. The number of likely N-dealkylation sites (N-methyl/N-ethyl adjacent to an activating group) is 1. The number of aryl methyl sites for hydroxylation is 3. The minimum atomic E-state index is 0.558. The molecule has 0 radical (unpaired) electrons. The first-order valence-corrected chi connectivity index (χ1v) is 7.26. The molecule has 112 valence electrons. The maximum Gasteiger partial charge on any atom is 0.132 e. The predicted octanol–water partition coefficient (Wildman–Crippen LogP) is 1.15. The minimum absolute atomic E-state index is 0.558. The molecule has 21 heavy (non-hydrogen) atoms. The van der Waals surface area contributed by atoms with Gasteiger partial charge < -0.3 is 4.90 Å². The van der Waals surface area contributed by atoms with Crippen molar-refractivity contribution in [2.45, 2.75) is 26.4 Å². The molecule has 1 aliphatic heterocycles. The Morgan fingerprint density at radius 3 is 2.62 bits per heavy atom. The van der Waals surface area contributed by atoms with Crippen molar-refractivity contribution in [1.29, 1.82) is 0 Å². The van der Waals surface area contributed by atoms with Gasteiger partial charge in [0.2, 0.25) is 0 Å². The maximum atomic E-state index is 4.52. The zero-order valence-corrected chi connectivity index (χ0v) is 13.1. The summed E-state index contributed by atoms with van der Waals surface area (Å²) in [6.45, 7) is 7.00.